The number of carbonyl (C=O) groups is 2. The first-order chi connectivity index (χ1) is 22.0. The number of nitrogens with zero attached hydrogens (tertiary/aromatic N) is 3. The molecule has 0 unspecified atom stereocenters. The number of carbonyl (C=O) groups excluding carboxylic acids is 2. The Morgan fingerprint density at radius 2 is 1.51 bits per heavy atom. The zero-order chi connectivity index (χ0) is 32.0. The Morgan fingerprint density at radius 3 is 2.16 bits per heavy atom. The number of fused-ring (bicyclic) bond motifs is 2. The van der Waals surface area contributed by atoms with Gasteiger partial charge in [-0.3, -0.25) is 19.1 Å². The SMILES string of the molecule is CCCCC/C=C\C/C=C\C/C=C\C/C=C\CCCC(=O)n1cc2c3c(cccc31)C1=C[C@@H](C(=O)N(CC)CC)CN(C)[C@@H]1C2. The summed E-state index contributed by atoms with van der Waals surface area (Å²) < 4.78 is 1.88. The molecule has 242 valence electrons. The Hall–Kier alpha value is -3.44. The van der Waals surface area contributed by atoms with Crippen LogP contribution in [0.1, 0.15) is 101 Å². The van der Waals surface area contributed by atoms with Gasteiger partial charge in [0.05, 0.1) is 11.4 Å². The topological polar surface area (TPSA) is 45.6 Å². The minimum atomic E-state index is -0.139. The van der Waals surface area contributed by atoms with Crippen LogP contribution in [0.15, 0.2) is 79.1 Å². The second kappa shape index (κ2) is 17.9. The van der Waals surface area contributed by atoms with Crippen LogP contribution in [0.4, 0.5) is 0 Å². The highest BCUT2D eigenvalue weighted by Crippen LogP contribution is 2.42. The molecule has 0 spiro atoms. The predicted molar refractivity (Wildman–Crippen MR) is 190 cm³/mol. The predicted octanol–water partition coefficient (Wildman–Crippen LogP) is 9.17. The van der Waals surface area contributed by atoms with Crippen molar-refractivity contribution in [2.75, 3.05) is 26.7 Å². The molecule has 1 aliphatic carbocycles. The van der Waals surface area contributed by atoms with Crippen LogP contribution < -0.4 is 0 Å². The van der Waals surface area contributed by atoms with Gasteiger partial charge in [0.25, 0.3) is 0 Å². The van der Waals surface area contributed by atoms with E-state index >= 15 is 0 Å². The third kappa shape index (κ3) is 9.07. The molecular formula is C40H55N3O2. The van der Waals surface area contributed by atoms with Crippen LogP contribution in [0, 0.1) is 5.92 Å². The summed E-state index contributed by atoms with van der Waals surface area (Å²) in [7, 11) is 2.13. The molecule has 0 fully saturated rings. The first kappa shape index (κ1) is 34.4. The molecule has 2 aliphatic rings. The van der Waals surface area contributed by atoms with E-state index in [2.05, 4.69) is 98.0 Å². The van der Waals surface area contributed by atoms with Gasteiger partial charge in [-0.1, -0.05) is 86.6 Å². The molecule has 0 radical (unpaired) electrons. The van der Waals surface area contributed by atoms with E-state index in [1.807, 2.05) is 23.3 Å². The second-order valence-electron chi connectivity index (χ2n) is 12.5. The molecule has 1 aliphatic heterocycles. The van der Waals surface area contributed by atoms with E-state index in [0.717, 1.165) is 63.7 Å². The van der Waals surface area contributed by atoms with Crippen LogP contribution in [0.5, 0.6) is 0 Å². The van der Waals surface area contributed by atoms with Crippen LogP contribution >= 0.6 is 0 Å². The number of aromatic nitrogens is 1. The van der Waals surface area contributed by atoms with Crippen LogP contribution in [0.3, 0.4) is 0 Å². The van der Waals surface area contributed by atoms with E-state index in [9.17, 15) is 9.59 Å². The third-order valence-electron chi connectivity index (χ3n) is 9.27. The van der Waals surface area contributed by atoms with Crippen molar-refractivity contribution in [3.05, 3.63) is 90.2 Å². The number of hydrogen-bond acceptors (Lipinski definition) is 3. The maximum atomic E-state index is 13.4. The molecule has 0 bridgehead atoms. The molecule has 0 N–H and O–H groups in total. The molecular weight excluding hydrogens is 554 g/mol. The molecule has 2 aromatic rings. The summed E-state index contributed by atoms with van der Waals surface area (Å²) in [6.45, 7) is 8.52. The van der Waals surface area contributed by atoms with Crippen molar-refractivity contribution in [2.45, 2.75) is 97.4 Å². The van der Waals surface area contributed by atoms with Gasteiger partial charge in [-0.15, -0.1) is 0 Å². The molecule has 4 rings (SSSR count). The fourth-order valence-electron chi connectivity index (χ4n) is 6.74. The van der Waals surface area contributed by atoms with Gasteiger partial charge in [0.2, 0.25) is 11.8 Å². The quantitative estimate of drug-likeness (QED) is 0.133. The van der Waals surface area contributed by atoms with E-state index in [0.29, 0.717) is 6.42 Å². The number of amides is 1. The lowest BCUT2D eigenvalue weighted by atomic mass is 9.79. The minimum Gasteiger partial charge on any atom is -0.343 e. The summed E-state index contributed by atoms with van der Waals surface area (Å²) in [5, 5.41) is 1.18. The number of likely N-dealkylation sites (N-methyl/N-ethyl adjacent to an activating group) is 1. The number of rotatable bonds is 17. The summed E-state index contributed by atoms with van der Waals surface area (Å²) >= 11 is 0. The summed E-state index contributed by atoms with van der Waals surface area (Å²) in [4.78, 5) is 30.9. The molecule has 1 aromatic heterocycles. The van der Waals surface area contributed by atoms with Crippen LogP contribution in [0.2, 0.25) is 0 Å². The maximum Gasteiger partial charge on any atom is 0.231 e. The Labute approximate surface area is 272 Å². The fraction of sp³-hybridized carbons (Fsp3) is 0.500. The van der Waals surface area contributed by atoms with Crippen molar-refractivity contribution < 1.29 is 9.59 Å². The molecule has 5 heteroatoms. The average Bonchev–Trinajstić information content (AvgIpc) is 3.43. The van der Waals surface area contributed by atoms with Gasteiger partial charge in [-0.2, -0.15) is 0 Å². The van der Waals surface area contributed by atoms with Crippen molar-refractivity contribution in [3.8, 4) is 0 Å². The summed E-state index contributed by atoms with van der Waals surface area (Å²) in [6, 6.07) is 6.52. The zero-order valence-electron chi connectivity index (χ0n) is 28.2. The molecule has 5 nitrogen and oxygen atoms in total. The van der Waals surface area contributed by atoms with Gasteiger partial charge in [0.1, 0.15) is 0 Å². The normalized spacial score (nSPS) is 18.5. The number of hydrogen-bond donors (Lipinski definition) is 0. The lowest BCUT2D eigenvalue weighted by Crippen LogP contribution is -2.47. The van der Waals surface area contributed by atoms with Gasteiger partial charge in [0, 0.05) is 43.7 Å². The molecule has 0 saturated carbocycles. The van der Waals surface area contributed by atoms with Crippen molar-refractivity contribution in [1.82, 2.24) is 14.4 Å². The number of benzene rings is 1. The molecule has 2 heterocycles. The lowest BCUT2D eigenvalue weighted by Gasteiger charge is -2.40. The molecule has 0 saturated heterocycles. The van der Waals surface area contributed by atoms with Crippen LogP contribution in [0.25, 0.3) is 16.5 Å². The highest BCUT2D eigenvalue weighted by molar-refractivity contribution is 6.03. The van der Waals surface area contributed by atoms with Crippen molar-refractivity contribution in [2.24, 2.45) is 5.92 Å². The standard InChI is InChI=1S/C40H55N3O2/c1-5-8-9-10-11-12-13-14-15-16-17-18-19-20-21-22-23-27-38(44)43-31-32-29-37-35(34-25-24-26-36(43)39(32)34)28-33(30-41(37)4)40(45)42(6-2)7-3/h11-12,14-15,17-18,20-21,24-26,28,31,33,37H,5-10,13,16,19,22-23,27,29-30H2,1-4H3/b12-11-,15-14-,18-17-,21-20-/t33-,37-/m1/s1. The van der Waals surface area contributed by atoms with Crippen LogP contribution in [-0.4, -0.2) is 58.9 Å². The van der Waals surface area contributed by atoms with Gasteiger partial charge >= 0.3 is 0 Å². The highest BCUT2D eigenvalue weighted by Gasteiger charge is 2.37. The first-order valence-corrected chi connectivity index (χ1v) is 17.5. The summed E-state index contributed by atoms with van der Waals surface area (Å²) in [5.74, 6) is 0.221. The number of allylic oxidation sites excluding steroid dienone is 8. The van der Waals surface area contributed by atoms with E-state index in [1.54, 1.807) is 0 Å². The monoisotopic (exact) mass is 609 g/mol. The highest BCUT2D eigenvalue weighted by atomic mass is 16.2. The molecule has 1 amide bonds. The Morgan fingerprint density at radius 1 is 0.867 bits per heavy atom. The zero-order valence-corrected chi connectivity index (χ0v) is 28.2. The molecule has 45 heavy (non-hydrogen) atoms. The van der Waals surface area contributed by atoms with Crippen LogP contribution in [-0.2, 0) is 11.2 Å². The third-order valence-corrected chi connectivity index (χ3v) is 9.27. The Bertz CT molecular complexity index is 1420. The lowest BCUT2D eigenvalue weighted by molar-refractivity contribution is -0.134. The number of unbranched alkanes of at least 4 members (excludes halogenated alkanes) is 4. The molecule has 2 atom stereocenters. The first-order valence-electron chi connectivity index (χ1n) is 17.5. The second-order valence-corrected chi connectivity index (χ2v) is 12.5. The van der Waals surface area contributed by atoms with Gasteiger partial charge < -0.3 is 4.90 Å². The van der Waals surface area contributed by atoms with E-state index in [-0.39, 0.29) is 23.8 Å². The van der Waals surface area contributed by atoms with Gasteiger partial charge in [-0.25, -0.2) is 0 Å². The maximum absolute atomic E-state index is 13.4. The van der Waals surface area contributed by atoms with Crippen molar-refractivity contribution in [1.29, 1.82) is 0 Å². The van der Waals surface area contributed by atoms with E-state index in [1.165, 1.54) is 47.8 Å². The minimum absolute atomic E-state index is 0.139. The van der Waals surface area contributed by atoms with Crippen molar-refractivity contribution >= 4 is 28.3 Å². The van der Waals surface area contributed by atoms with E-state index < -0.39 is 0 Å². The average molecular weight is 610 g/mol. The summed E-state index contributed by atoms with van der Waals surface area (Å²) in [6.07, 6.45) is 33.4. The van der Waals surface area contributed by atoms with Gasteiger partial charge in [0.15, 0.2) is 0 Å². The fourth-order valence-corrected chi connectivity index (χ4v) is 6.74. The smallest absolute Gasteiger partial charge is 0.231 e. The Kier molecular flexibility index (Phi) is 13.7. The van der Waals surface area contributed by atoms with Gasteiger partial charge in [-0.05, 0) is 95.0 Å². The van der Waals surface area contributed by atoms with Crippen molar-refractivity contribution in [3.63, 3.8) is 0 Å². The summed E-state index contributed by atoms with van der Waals surface area (Å²) in [5.41, 5.74) is 4.63. The van der Waals surface area contributed by atoms with E-state index in [4.69, 9.17) is 0 Å². The largest absolute Gasteiger partial charge is 0.343 e. The molecule has 1 aromatic carbocycles. The Balaban J connectivity index is 1.27.